The number of rotatable bonds is 4. The maximum absolute atomic E-state index is 13.2. The average Bonchev–Trinajstić information content (AvgIpc) is 2.40. The summed E-state index contributed by atoms with van der Waals surface area (Å²) in [6, 6.07) is 9.52. The summed E-state index contributed by atoms with van der Waals surface area (Å²) in [4.78, 5) is 0.0610. The zero-order valence-electron chi connectivity index (χ0n) is 11.9. The second-order valence-electron chi connectivity index (χ2n) is 4.96. The van der Waals surface area contributed by atoms with Crippen LogP contribution in [0.2, 0.25) is 0 Å². The molecule has 0 atom stereocenters. The Hall–Kier alpha value is -1.92. The van der Waals surface area contributed by atoms with Crippen LogP contribution in [0.4, 0.5) is 10.1 Å². The quantitative estimate of drug-likeness (QED) is 0.912. The van der Waals surface area contributed by atoms with Gasteiger partial charge < -0.3 is 5.32 Å². The highest BCUT2D eigenvalue weighted by Crippen LogP contribution is 2.20. The number of nitrogens with two attached hydrogens (primary N) is 1. The third kappa shape index (κ3) is 3.80. The van der Waals surface area contributed by atoms with Gasteiger partial charge in [-0.1, -0.05) is 18.2 Å². The van der Waals surface area contributed by atoms with Crippen LogP contribution in [-0.4, -0.2) is 8.42 Å². The lowest BCUT2D eigenvalue weighted by atomic mass is 10.1. The van der Waals surface area contributed by atoms with E-state index in [1.807, 2.05) is 6.92 Å². The zero-order valence-corrected chi connectivity index (χ0v) is 12.7. The first-order chi connectivity index (χ1) is 9.77. The van der Waals surface area contributed by atoms with Crippen LogP contribution >= 0.6 is 0 Å². The first kappa shape index (κ1) is 15.5. The molecule has 112 valence electrons. The fraction of sp³-hybridized carbons (Fsp3) is 0.200. The summed E-state index contributed by atoms with van der Waals surface area (Å²) in [5.74, 6) is -0.244. The minimum atomic E-state index is -3.73. The van der Waals surface area contributed by atoms with E-state index in [-0.39, 0.29) is 10.7 Å². The van der Waals surface area contributed by atoms with E-state index in [2.05, 4.69) is 5.32 Å². The second-order valence-corrected chi connectivity index (χ2v) is 6.52. The predicted octanol–water partition coefficient (Wildman–Crippen LogP) is 2.70. The molecule has 0 amide bonds. The van der Waals surface area contributed by atoms with Crippen molar-refractivity contribution in [2.45, 2.75) is 25.3 Å². The van der Waals surface area contributed by atoms with E-state index in [0.717, 1.165) is 11.1 Å². The molecule has 0 bridgehead atoms. The van der Waals surface area contributed by atoms with Crippen LogP contribution in [0.15, 0.2) is 41.3 Å². The molecular formula is C15H17FN2O2S. The van der Waals surface area contributed by atoms with Crippen molar-refractivity contribution in [3.63, 3.8) is 0 Å². The number of aryl methyl sites for hydroxylation is 2. The molecule has 0 aliphatic rings. The number of benzene rings is 2. The maximum atomic E-state index is 13.2. The number of anilines is 1. The van der Waals surface area contributed by atoms with Gasteiger partial charge in [-0.15, -0.1) is 0 Å². The summed E-state index contributed by atoms with van der Waals surface area (Å²) in [7, 11) is -3.73. The van der Waals surface area contributed by atoms with Crippen molar-refractivity contribution in [1.29, 1.82) is 0 Å². The Morgan fingerprint density at radius 2 is 1.81 bits per heavy atom. The summed E-state index contributed by atoms with van der Waals surface area (Å²) in [6.45, 7) is 4.03. The van der Waals surface area contributed by atoms with Crippen LogP contribution < -0.4 is 10.5 Å². The first-order valence-electron chi connectivity index (χ1n) is 6.40. The second kappa shape index (κ2) is 5.83. The highest BCUT2D eigenvalue weighted by molar-refractivity contribution is 7.89. The summed E-state index contributed by atoms with van der Waals surface area (Å²) in [5, 5.41) is 8.27. The van der Waals surface area contributed by atoms with Gasteiger partial charge in [-0.05, 0) is 48.7 Å². The minimum Gasteiger partial charge on any atom is -0.381 e. The molecule has 6 heteroatoms. The highest BCUT2D eigenvalue weighted by Gasteiger charge is 2.10. The summed E-state index contributed by atoms with van der Waals surface area (Å²) >= 11 is 0. The van der Waals surface area contributed by atoms with E-state index in [0.29, 0.717) is 17.8 Å². The number of halogens is 1. The predicted molar refractivity (Wildman–Crippen MR) is 81.0 cm³/mol. The zero-order chi connectivity index (χ0) is 15.6. The van der Waals surface area contributed by atoms with Crippen molar-refractivity contribution in [1.82, 2.24) is 0 Å². The Morgan fingerprint density at radius 3 is 2.43 bits per heavy atom. The van der Waals surface area contributed by atoms with E-state index in [1.165, 1.54) is 18.2 Å². The molecule has 0 heterocycles. The smallest absolute Gasteiger partial charge is 0.238 e. The van der Waals surface area contributed by atoms with Crippen LogP contribution in [0.3, 0.4) is 0 Å². The number of hydrogen-bond donors (Lipinski definition) is 2. The Balaban J connectivity index is 2.21. The highest BCUT2D eigenvalue weighted by atomic mass is 32.2. The van der Waals surface area contributed by atoms with Crippen molar-refractivity contribution in [3.8, 4) is 0 Å². The molecule has 0 aromatic heterocycles. The summed E-state index contributed by atoms with van der Waals surface area (Å²) in [6.07, 6.45) is 0. The molecule has 0 unspecified atom stereocenters. The Kier molecular flexibility index (Phi) is 4.29. The van der Waals surface area contributed by atoms with Gasteiger partial charge in [0.2, 0.25) is 10.0 Å². The lowest BCUT2D eigenvalue weighted by molar-refractivity contribution is 0.598. The lowest BCUT2D eigenvalue weighted by Crippen LogP contribution is -2.13. The molecule has 2 rings (SSSR count). The van der Waals surface area contributed by atoms with Gasteiger partial charge in [-0.2, -0.15) is 0 Å². The normalized spacial score (nSPS) is 11.4. The van der Waals surface area contributed by atoms with Crippen molar-refractivity contribution >= 4 is 15.7 Å². The fourth-order valence-electron chi connectivity index (χ4n) is 1.98. The van der Waals surface area contributed by atoms with E-state index >= 15 is 0 Å². The molecule has 3 N–H and O–H groups in total. The van der Waals surface area contributed by atoms with Crippen LogP contribution in [0.1, 0.15) is 16.7 Å². The van der Waals surface area contributed by atoms with E-state index < -0.39 is 10.0 Å². The molecule has 4 nitrogen and oxygen atoms in total. The van der Waals surface area contributed by atoms with E-state index in [1.54, 1.807) is 25.1 Å². The SMILES string of the molecule is Cc1cc(CNc2cc(S(N)(=O)=O)ccc2C)ccc1F. The Morgan fingerprint density at radius 1 is 1.10 bits per heavy atom. The number of primary sulfonamides is 1. The van der Waals surface area contributed by atoms with Gasteiger partial charge >= 0.3 is 0 Å². The largest absolute Gasteiger partial charge is 0.381 e. The van der Waals surface area contributed by atoms with Gasteiger partial charge in [0, 0.05) is 12.2 Å². The van der Waals surface area contributed by atoms with Gasteiger partial charge in [0.25, 0.3) is 0 Å². The van der Waals surface area contributed by atoms with Crippen LogP contribution in [0.25, 0.3) is 0 Å². The van der Waals surface area contributed by atoms with Crippen molar-refractivity contribution < 1.29 is 12.8 Å². The van der Waals surface area contributed by atoms with E-state index in [9.17, 15) is 12.8 Å². The summed E-state index contributed by atoms with van der Waals surface area (Å²) < 4.78 is 35.9. The molecule has 0 aliphatic carbocycles. The molecule has 0 spiro atoms. The minimum absolute atomic E-state index is 0.0610. The van der Waals surface area contributed by atoms with Crippen molar-refractivity contribution in [2.75, 3.05) is 5.32 Å². The molecule has 0 aliphatic heterocycles. The Labute approximate surface area is 123 Å². The standard InChI is InChI=1S/C15H17FN2O2S/c1-10-3-5-13(21(17,19)20)8-15(10)18-9-12-4-6-14(16)11(2)7-12/h3-8,18H,9H2,1-2H3,(H2,17,19,20). The first-order valence-corrected chi connectivity index (χ1v) is 7.94. The van der Waals surface area contributed by atoms with Crippen LogP contribution in [0, 0.1) is 19.7 Å². The number of sulfonamides is 1. The molecule has 0 saturated carbocycles. The topological polar surface area (TPSA) is 72.2 Å². The summed E-state index contributed by atoms with van der Waals surface area (Å²) in [5.41, 5.74) is 3.07. The number of hydrogen-bond acceptors (Lipinski definition) is 3. The van der Waals surface area contributed by atoms with Gasteiger partial charge in [-0.25, -0.2) is 17.9 Å². The molecule has 2 aromatic rings. The molecule has 0 saturated heterocycles. The van der Waals surface area contributed by atoms with Gasteiger partial charge in [0.15, 0.2) is 0 Å². The number of nitrogens with one attached hydrogen (secondary N) is 1. The molecule has 0 radical (unpaired) electrons. The third-order valence-corrected chi connectivity index (χ3v) is 4.15. The van der Waals surface area contributed by atoms with Gasteiger partial charge in [0.1, 0.15) is 5.82 Å². The van der Waals surface area contributed by atoms with Crippen LogP contribution in [-0.2, 0) is 16.6 Å². The average molecular weight is 308 g/mol. The van der Waals surface area contributed by atoms with E-state index in [4.69, 9.17) is 5.14 Å². The van der Waals surface area contributed by atoms with Gasteiger partial charge in [0.05, 0.1) is 4.90 Å². The van der Waals surface area contributed by atoms with Gasteiger partial charge in [-0.3, -0.25) is 0 Å². The van der Waals surface area contributed by atoms with Crippen LogP contribution in [0.5, 0.6) is 0 Å². The van der Waals surface area contributed by atoms with Crippen molar-refractivity contribution in [3.05, 3.63) is 58.9 Å². The molecular weight excluding hydrogens is 291 g/mol. The third-order valence-electron chi connectivity index (χ3n) is 3.24. The molecule has 21 heavy (non-hydrogen) atoms. The maximum Gasteiger partial charge on any atom is 0.238 e. The molecule has 2 aromatic carbocycles. The lowest BCUT2D eigenvalue weighted by Gasteiger charge is -2.11. The fourth-order valence-corrected chi connectivity index (χ4v) is 2.52. The van der Waals surface area contributed by atoms with Crippen molar-refractivity contribution in [2.24, 2.45) is 5.14 Å². The monoisotopic (exact) mass is 308 g/mol. The molecule has 0 fully saturated rings. The Bertz CT molecular complexity index is 773.